The zero-order valence-electron chi connectivity index (χ0n) is 11.8. The van der Waals surface area contributed by atoms with Crippen LogP contribution in [0, 0.1) is 0 Å². The first-order chi connectivity index (χ1) is 10.2. The van der Waals surface area contributed by atoms with E-state index in [9.17, 15) is 4.79 Å². The molecule has 0 radical (unpaired) electrons. The van der Waals surface area contributed by atoms with Crippen LogP contribution in [0.3, 0.4) is 0 Å². The average molecular weight is 321 g/mol. The molecule has 0 saturated carbocycles. The summed E-state index contributed by atoms with van der Waals surface area (Å²) in [4.78, 5) is 16.5. The minimum absolute atomic E-state index is 0.00747. The Balaban J connectivity index is 1.94. The van der Waals surface area contributed by atoms with E-state index in [-0.39, 0.29) is 11.2 Å². The predicted octanol–water partition coefficient (Wildman–Crippen LogP) is 3.92. The van der Waals surface area contributed by atoms with Crippen LogP contribution in [0.25, 0.3) is 0 Å². The summed E-state index contributed by atoms with van der Waals surface area (Å²) in [6.45, 7) is 2.52. The fourth-order valence-electron chi connectivity index (χ4n) is 1.81. The minimum atomic E-state index is -0.193. The molecule has 1 N–H and O–H groups in total. The summed E-state index contributed by atoms with van der Waals surface area (Å²) in [6, 6.07) is 13.4. The van der Waals surface area contributed by atoms with E-state index in [4.69, 9.17) is 11.6 Å². The van der Waals surface area contributed by atoms with Gasteiger partial charge in [-0.05, 0) is 24.1 Å². The first-order valence-electron chi connectivity index (χ1n) is 6.79. The molecule has 0 aliphatic heterocycles. The SMILES string of the molecule is CCC(Sc1ncccc1Cl)C(=O)NCc1ccccc1. The van der Waals surface area contributed by atoms with Crippen LogP contribution in [0.4, 0.5) is 0 Å². The van der Waals surface area contributed by atoms with E-state index in [1.807, 2.05) is 37.3 Å². The fraction of sp³-hybridized carbons (Fsp3) is 0.250. The summed E-state index contributed by atoms with van der Waals surface area (Å²) in [5.74, 6) is 0.00747. The standard InChI is InChI=1S/C16H17ClN2OS/c1-2-14(21-16-13(17)9-6-10-18-16)15(20)19-11-12-7-4-3-5-8-12/h3-10,14H,2,11H2,1H3,(H,19,20). The third kappa shape index (κ3) is 4.76. The van der Waals surface area contributed by atoms with Crippen molar-refractivity contribution in [2.45, 2.75) is 30.2 Å². The summed E-state index contributed by atoms with van der Waals surface area (Å²) >= 11 is 7.49. The van der Waals surface area contributed by atoms with Crippen LogP contribution in [0.2, 0.25) is 5.02 Å². The molecule has 5 heteroatoms. The number of pyridine rings is 1. The van der Waals surface area contributed by atoms with Crippen LogP contribution >= 0.6 is 23.4 Å². The largest absolute Gasteiger partial charge is 0.351 e. The summed E-state index contributed by atoms with van der Waals surface area (Å²) in [6.07, 6.45) is 2.40. The van der Waals surface area contributed by atoms with Gasteiger partial charge in [0.15, 0.2) is 0 Å². The molecule has 0 aliphatic rings. The highest BCUT2D eigenvalue weighted by Gasteiger charge is 2.19. The lowest BCUT2D eigenvalue weighted by Gasteiger charge is -2.14. The number of carbonyl (C=O) groups excluding carboxylic acids is 1. The maximum Gasteiger partial charge on any atom is 0.233 e. The van der Waals surface area contributed by atoms with Gasteiger partial charge in [-0.15, -0.1) is 0 Å². The van der Waals surface area contributed by atoms with Gasteiger partial charge in [0.05, 0.1) is 10.3 Å². The summed E-state index contributed by atoms with van der Waals surface area (Å²) < 4.78 is 0. The van der Waals surface area contributed by atoms with E-state index in [2.05, 4.69) is 10.3 Å². The quantitative estimate of drug-likeness (QED) is 0.820. The second-order valence-electron chi connectivity index (χ2n) is 4.51. The molecule has 0 aliphatic carbocycles. The van der Waals surface area contributed by atoms with Crippen molar-refractivity contribution in [2.75, 3.05) is 0 Å². The number of carbonyl (C=O) groups is 1. The number of thioether (sulfide) groups is 1. The molecule has 3 nitrogen and oxygen atoms in total. The molecule has 1 unspecified atom stereocenters. The Hall–Kier alpha value is -1.52. The van der Waals surface area contributed by atoms with E-state index in [1.54, 1.807) is 18.3 Å². The minimum Gasteiger partial charge on any atom is -0.351 e. The van der Waals surface area contributed by atoms with Gasteiger partial charge in [-0.25, -0.2) is 4.98 Å². The molecule has 1 aromatic carbocycles. The van der Waals surface area contributed by atoms with Crippen molar-refractivity contribution in [3.63, 3.8) is 0 Å². The number of nitrogens with one attached hydrogen (secondary N) is 1. The van der Waals surface area contributed by atoms with Gasteiger partial charge in [-0.1, -0.05) is 60.6 Å². The molecule has 1 aromatic heterocycles. The Morgan fingerprint density at radius 2 is 2.05 bits per heavy atom. The van der Waals surface area contributed by atoms with Crippen LogP contribution in [-0.2, 0) is 11.3 Å². The van der Waals surface area contributed by atoms with E-state index in [0.29, 0.717) is 16.6 Å². The number of halogens is 1. The van der Waals surface area contributed by atoms with Crippen molar-refractivity contribution in [3.8, 4) is 0 Å². The highest BCUT2D eigenvalue weighted by molar-refractivity contribution is 8.00. The molecular formula is C16H17ClN2OS. The van der Waals surface area contributed by atoms with Crippen LogP contribution < -0.4 is 5.32 Å². The molecule has 1 atom stereocenters. The third-order valence-electron chi connectivity index (χ3n) is 2.95. The molecule has 0 bridgehead atoms. The number of nitrogens with zero attached hydrogens (tertiary/aromatic N) is 1. The summed E-state index contributed by atoms with van der Waals surface area (Å²) in [5, 5.41) is 4.04. The lowest BCUT2D eigenvalue weighted by atomic mass is 10.2. The molecule has 0 spiro atoms. The molecule has 2 aromatic rings. The van der Waals surface area contributed by atoms with Gasteiger partial charge in [-0.3, -0.25) is 4.79 Å². The normalized spacial score (nSPS) is 11.9. The summed E-state index contributed by atoms with van der Waals surface area (Å²) in [5.41, 5.74) is 1.08. The Morgan fingerprint density at radius 3 is 2.71 bits per heavy atom. The number of aromatic nitrogens is 1. The Kier molecular flexibility index (Phi) is 6.08. The third-order valence-corrected chi connectivity index (χ3v) is 4.75. The highest BCUT2D eigenvalue weighted by Crippen LogP contribution is 2.29. The zero-order chi connectivity index (χ0) is 15.1. The lowest BCUT2D eigenvalue weighted by Crippen LogP contribution is -2.31. The van der Waals surface area contributed by atoms with Crippen LogP contribution in [0.5, 0.6) is 0 Å². The van der Waals surface area contributed by atoms with Crippen molar-refractivity contribution >= 4 is 29.3 Å². The Bertz CT molecular complexity index is 592. The van der Waals surface area contributed by atoms with Gasteiger partial charge in [0, 0.05) is 12.7 Å². The van der Waals surface area contributed by atoms with Crippen molar-refractivity contribution < 1.29 is 4.79 Å². The van der Waals surface area contributed by atoms with Crippen LogP contribution in [0.15, 0.2) is 53.7 Å². The Labute approximate surface area is 134 Å². The molecule has 0 fully saturated rings. The number of hydrogen-bond acceptors (Lipinski definition) is 3. The van der Waals surface area contributed by atoms with E-state index in [1.165, 1.54) is 11.8 Å². The van der Waals surface area contributed by atoms with Gasteiger partial charge in [-0.2, -0.15) is 0 Å². The van der Waals surface area contributed by atoms with Crippen LogP contribution in [-0.4, -0.2) is 16.1 Å². The smallest absolute Gasteiger partial charge is 0.233 e. The molecule has 1 heterocycles. The number of rotatable bonds is 6. The van der Waals surface area contributed by atoms with Crippen molar-refractivity contribution in [1.82, 2.24) is 10.3 Å². The molecule has 0 saturated heterocycles. The lowest BCUT2D eigenvalue weighted by molar-refractivity contribution is -0.120. The second kappa shape index (κ2) is 8.05. The van der Waals surface area contributed by atoms with Gasteiger partial charge in [0.25, 0.3) is 0 Å². The maximum atomic E-state index is 12.3. The van der Waals surface area contributed by atoms with E-state index < -0.39 is 0 Å². The van der Waals surface area contributed by atoms with Crippen molar-refractivity contribution in [1.29, 1.82) is 0 Å². The average Bonchev–Trinajstić information content (AvgIpc) is 2.53. The Morgan fingerprint density at radius 1 is 1.29 bits per heavy atom. The molecule has 2 rings (SSSR count). The van der Waals surface area contributed by atoms with E-state index >= 15 is 0 Å². The molecular weight excluding hydrogens is 304 g/mol. The zero-order valence-corrected chi connectivity index (χ0v) is 13.3. The topological polar surface area (TPSA) is 42.0 Å². The highest BCUT2D eigenvalue weighted by atomic mass is 35.5. The predicted molar refractivity (Wildman–Crippen MR) is 87.5 cm³/mol. The molecule has 1 amide bonds. The number of hydrogen-bond donors (Lipinski definition) is 1. The first-order valence-corrected chi connectivity index (χ1v) is 8.05. The summed E-state index contributed by atoms with van der Waals surface area (Å²) in [7, 11) is 0. The van der Waals surface area contributed by atoms with Crippen LogP contribution in [0.1, 0.15) is 18.9 Å². The maximum absolute atomic E-state index is 12.3. The van der Waals surface area contributed by atoms with Crippen molar-refractivity contribution in [3.05, 3.63) is 59.2 Å². The van der Waals surface area contributed by atoms with Crippen molar-refractivity contribution in [2.24, 2.45) is 0 Å². The van der Waals surface area contributed by atoms with Gasteiger partial charge < -0.3 is 5.32 Å². The van der Waals surface area contributed by atoms with Gasteiger partial charge in [0.2, 0.25) is 5.91 Å². The van der Waals surface area contributed by atoms with Gasteiger partial charge in [0.1, 0.15) is 5.03 Å². The number of amides is 1. The molecule has 110 valence electrons. The first kappa shape index (κ1) is 15.9. The monoisotopic (exact) mass is 320 g/mol. The van der Waals surface area contributed by atoms with E-state index in [0.717, 1.165) is 12.0 Å². The second-order valence-corrected chi connectivity index (χ2v) is 6.11. The number of benzene rings is 1. The fourth-order valence-corrected chi connectivity index (χ4v) is 3.00. The molecule has 21 heavy (non-hydrogen) atoms. The van der Waals surface area contributed by atoms with Gasteiger partial charge >= 0.3 is 0 Å².